The van der Waals surface area contributed by atoms with E-state index in [1.807, 2.05) is 36.4 Å². The van der Waals surface area contributed by atoms with Crippen molar-refractivity contribution < 1.29 is 22.6 Å². The van der Waals surface area contributed by atoms with E-state index in [0.29, 0.717) is 25.3 Å². The molecule has 1 aliphatic rings. The second kappa shape index (κ2) is 9.84. The average Bonchev–Trinajstić information content (AvgIpc) is 2.78. The zero-order valence-electron chi connectivity index (χ0n) is 17.4. The molecule has 0 amide bonds. The maximum atomic E-state index is 13.9. The molecule has 0 unspecified atom stereocenters. The van der Waals surface area contributed by atoms with Crippen LogP contribution in [0.4, 0.5) is 0 Å². The first-order valence-electron chi connectivity index (χ1n) is 10.2. The summed E-state index contributed by atoms with van der Waals surface area (Å²) in [6.07, 6.45) is 1.61. The number of methoxy groups -OCH3 is 1. The van der Waals surface area contributed by atoms with Crippen LogP contribution in [0.1, 0.15) is 11.1 Å². The maximum absolute atomic E-state index is 13.9. The number of rotatable bonds is 7. The number of hydrogen-bond donors (Lipinski definition) is 0. The molecular weight excluding hydrogens is 416 g/mol. The van der Waals surface area contributed by atoms with Gasteiger partial charge in [0.25, 0.3) is 0 Å². The van der Waals surface area contributed by atoms with Crippen LogP contribution >= 0.6 is 0 Å². The Balaban J connectivity index is 1.75. The normalized spacial score (nSPS) is 17.8. The van der Waals surface area contributed by atoms with Gasteiger partial charge < -0.3 is 14.2 Å². The lowest BCUT2D eigenvalue weighted by Crippen LogP contribution is -2.46. The summed E-state index contributed by atoms with van der Waals surface area (Å²) in [7, 11) is -2.28. The number of para-hydroxylation sites is 1. The summed E-state index contributed by atoms with van der Waals surface area (Å²) in [5, 5.41) is 0.778. The molecule has 0 bridgehead atoms. The number of ether oxygens (including phenoxy) is 3. The van der Waals surface area contributed by atoms with Gasteiger partial charge >= 0.3 is 0 Å². The van der Waals surface area contributed by atoms with Crippen LogP contribution in [0.25, 0.3) is 10.9 Å². The Kier molecular flexibility index (Phi) is 6.94. The molecule has 0 fully saturated rings. The molecule has 2 heterocycles. The molecule has 0 saturated carbocycles. The number of sulfonamides is 1. The summed E-state index contributed by atoms with van der Waals surface area (Å²) in [6.45, 7) is 1.95. The number of hydrogen-bond acceptors (Lipinski definition) is 6. The van der Waals surface area contributed by atoms with Crippen LogP contribution < -0.4 is 0 Å². The lowest BCUT2D eigenvalue weighted by atomic mass is 10.1. The molecule has 1 atom stereocenters. The Bertz CT molecular complexity index is 1130. The van der Waals surface area contributed by atoms with Gasteiger partial charge in [0.1, 0.15) is 4.90 Å². The molecule has 1 aromatic heterocycles. The van der Waals surface area contributed by atoms with Crippen molar-refractivity contribution in [1.29, 1.82) is 0 Å². The Hall–Kier alpha value is -2.36. The van der Waals surface area contributed by atoms with Crippen LogP contribution in [-0.2, 0) is 37.4 Å². The minimum Gasteiger partial charge on any atom is -0.382 e. The molecule has 8 heteroatoms. The van der Waals surface area contributed by atoms with Crippen LogP contribution in [0.2, 0.25) is 0 Å². The van der Waals surface area contributed by atoms with Gasteiger partial charge in [-0.05, 0) is 23.3 Å². The van der Waals surface area contributed by atoms with Gasteiger partial charge in [-0.15, -0.1) is 0 Å². The summed E-state index contributed by atoms with van der Waals surface area (Å²) in [6, 6.07) is 16.1. The standard InChI is InChI=1S/C23H26N2O5S/c1-28-12-13-29-16-21-17-30-15-20-7-3-2-6-19(20)14-25(21)31(26,27)22-10-4-8-18-9-5-11-24-23(18)22/h2-11,21H,12-17H2,1H3/t21-/m1/s1. The van der Waals surface area contributed by atoms with Gasteiger partial charge in [0.2, 0.25) is 10.0 Å². The fourth-order valence-electron chi connectivity index (χ4n) is 3.72. The van der Waals surface area contributed by atoms with Gasteiger partial charge in [-0.3, -0.25) is 4.98 Å². The van der Waals surface area contributed by atoms with Crippen LogP contribution in [0, 0.1) is 0 Å². The molecule has 164 valence electrons. The van der Waals surface area contributed by atoms with Crippen molar-refractivity contribution in [3.63, 3.8) is 0 Å². The highest BCUT2D eigenvalue weighted by molar-refractivity contribution is 7.89. The zero-order chi connectivity index (χ0) is 21.7. The highest BCUT2D eigenvalue weighted by Crippen LogP contribution is 2.29. The number of nitrogens with zero attached hydrogens (tertiary/aromatic N) is 2. The molecule has 7 nitrogen and oxygen atoms in total. The predicted octanol–water partition coefficient (Wildman–Crippen LogP) is 2.99. The van der Waals surface area contributed by atoms with Gasteiger partial charge in [-0.1, -0.05) is 42.5 Å². The fourth-order valence-corrected chi connectivity index (χ4v) is 5.46. The third kappa shape index (κ3) is 4.78. The molecule has 0 saturated heterocycles. The topological polar surface area (TPSA) is 78.0 Å². The van der Waals surface area contributed by atoms with E-state index in [-0.39, 0.29) is 24.7 Å². The SMILES string of the molecule is COCCOC[C@@H]1COCc2ccccc2CN1S(=O)(=O)c1cccc2cccnc12. The van der Waals surface area contributed by atoms with E-state index in [0.717, 1.165) is 16.5 Å². The van der Waals surface area contributed by atoms with Crippen molar-refractivity contribution in [3.05, 3.63) is 71.9 Å². The largest absolute Gasteiger partial charge is 0.382 e. The van der Waals surface area contributed by atoms with E-state index in [1.165, 1.54) is 4.31 Å². The summed E-state index contributed by atoms with van der Waals surface area (Å²) in [5.41, 5.74) is 2.36. The number of pyridine rings is 1. The predicted molar refractivity (Wildman–Crippen MR) is 117 cm³/mol. The summed E-state index contributed by atoms with van der Waals surface area (Å²) >= 11 is 0. The molecule has 4 rings (SSSR count). The van der Waals surface area contributed by atoms with Crippen molar-refractivity contribution in [3.8, 4) is 0 Å². The van der Waals surface area contributed by atoms with Crippen LogP contribution in [0.15, 0.2) is 65.7 Å². The third-order valence-corrected chi connectivity index (χ3v) is 7.27. The first kappa shape index (κ1) is 21.9. The first-order chi connectivity index (χ1) is 15.1. The van der Waals surface area contributed by atoms with E-state index >= 15 is 0 Å². The number of benzene rings is 2. The smallest absolute Gasteiger partial charge is 0.245 e. The summed E-state index contributed by atoms with van der Waals surface area (Å²) in [4.78, 5) is 4.54. The van der Waals surface area contributed by atoms with Crippen LogP contribution in [0.3, 0.4) is 0 Å². The Morgan fingerprint density at radius 2 is 1.87 bits per heavy atom. The minimum atomic E-state index is -3.88. The summed E-state index contributed by atoms with van der Waals surface area (Å²) < 4.78 is 46.0. The van der Waals surface area contributed by atoms with Gasteiger partial charge in [0.15, 0.2) is 0 Å². The van der Waals surface area contributed by atoms with E-state index in [4.69, 9.17) is 14.2 Å². The van der Waals surface area contributed by atoms with Crippen molar-refractivity contribution >= 4 is 20.9 Å². The van der Waals surface area contributed by atoms with Crippen molar-refractivity contribution in [1.82, 2.24) is 9.29 Å². The van der Waals surface area contributed by atoms with Gasteiger partial charge in [0, 0.05) is 25.2 Å². The van der Waals surface area contributed by atoms with Crippen LogP contribution in [-0.4, -0.2) is 57.3 Å². The van der Waals surface area contributed by atoms with Crippen molar-refractivity contribution in [2.45, 2.75) is 24.1 Å². The molecule has 1 aliphatic heterocycles. The number of fused-ring (bicyclic) bond motifs is 2. The average molecular weight is 443 g/mol. The molecule has 3 aromatic rings. The monoisotopic (exact) mass is 442 g/mol. The Labute approximate surface area is 182 Å². The van der Waals surface area contributed by atoms with Gasteiger partial charge in [-0.25, -0.2) is 8.42 Å². The highest BCUT2D eigenvalue weighted by Gasteiger charge is 2.35. The number of aromatic nitrogens is 1. The fraction of sp³-hybridized carbons (Fsp3) is 0.348. The zero-order valence-corrected chi connectivity index (χ0v) is 18.3. The molecule has 2 aromatic carbocycles. The quantitative estimate of drug-likeness (QED) is 0.524. The highest BCUT2D eigenvalue weighted by atomic mass is 32.2. The van der Waals surface area contributed by atoms with Gasteiger partial charge in [-0.2, -0.15) is 4.31 Å². The molecular formula is C23H26N2O5S. The van der Waals surface area contributed by atoms with Gasteiger partial charge in [0.05, 0.1) is 44.6 Å². The molecule has 0 aliphatic carbocycles. The minimum absolute atomic E-state index is 0.186. The molecule has 0 N–H and O–H groups in total. The van der Waals surface area contributed by atoms with Crippen LogP contribution in [0.5, 0.6) is 0 Å². The van der Waals surface area contributed by atoms with E-state index in [9.17, 15) is 8.42 Å². The van der Waals surface area contributed by atoms with E-state index in [1.54, 1.807) is 31.5 Å². The lowest BCUT2D eigenvalue weighted by Gasteiger charge is -2.33. The Morgan fingerprint density at radius 3 is 2.71 bits per heavy atom. The van der Waals surface area contributed by atoms with Crippen molar-refractivity contribution in [2.75, 3.05) is 33.5 Å². The summed E-state index contributed by atoms with van der Waals surface area (Å²) in [5.74, 6) is 0. The first-order valence-corrected chi connectivity index (χ1v) is 11.6. The maximum Gasteiger partial charge on any atom is 0.245 e. The molecule has 0 radical (unpaired) electrons. The molecule has 31 heavy (non-hydrogen) atoms. The van der Waals surface area contributed by atoms with E-state index < -0.39 is 16.1 Å². The molecule has 0 spiro atoms. The third-order valence-electron chi connectivity index (χ3n) is 5.34. The van der Waals surface area contributed by atoms with E-state index in [2.05, 4.69) is 4.98 Å². The Morgan fingerprint density at radius 1 is 1.06 bits per heavy atom. The second-order valence-electron chi connectivity index (χ2n) is 7.39. The second-order valence-corrected chi connectivity index (χ2v) is 9.25. The van der Waals surface area contributed by atoms with Crippen molar-refractivity contribution in [2.24, 2.45) is 0 Å². The lowest BCUT2D eigenvalue weighted by molar-refractivity contribution is 0.00444.